The number of para-hydroxylation sites is 1. The molecule has 0 radical (unpaired) electrons. The molecule has 0 spiro atoms. The Morgan fingerprint density at radius 1 is 1.13 bits per heavy atom. The summed E-state index contributed by atoms with van der Waals surface area (Å²) < 4.78 is 11.3. The first-order valence-corrected chi connectivity index (χ1v) is 10.9. The molecule has 0 aromatic heterocycles. The lowest BCUT2D eigenvalue weighted by atomic mass is 9.93. The van der Waals surface area contributed by atoms with Gasteiger partial charge in [0.1, 0.15) is 11.9 Å². The fourth-order valence-electron chi connectivity index (χ4n) is 4.34. The van der Waals surface area contributed by atoms with Gasteiger partial charge in [0.2, 0.25) is 0 Å². The molecule has 1 N–H and O–H groups in total. The SMILES string of the molecule is CCNC(=NCC1CCOc2ccccc21)N1CCN(C(=O)C2CCCO2)CC1.I. The van der Waals surface area contributed by atoms with Gasteiger partial charge in [0, 0.05) is 51.8 Å². The third kappa shape index (κ3) is 5.38. The van der Waals surface area contributed by atoms with Crippen LogP contribution in [0, 0.1) is 0 Å². The van der Waals surface area contributed by atoms with Crippen LogP contribution in [0.5, 0.6) is 5.75 Å². The fourth-order valence-corrected chi connectivity index (χ4v) is 4.34. The first-order chi connectivity index (χ1) is 14.3. The molecular weight excluding hydrogens is 495 g/mol. The fraction of sp³-hybridized carbons (Fsp3) is 0.636. The number of carbonyl (C=O) groups is 1. The molecule has 8 heteroatoms. The van der Waals surface area contributed by atoms with Crippen molar-refractivity contribution in [2.75, 3.05) is 52.5 Å². The van der Waals surface area contributed by atoms with Crippen LogP contribution in [-0.4, -0.2) is 80.3 Å². The number of piperazine rings is 1. The summed E-state index contributed by atoms with van der Waals surface area (Å²) in [5.41, 5.74) is 1.25. The molecular formula is C22H33IN4O3. The lowest BCUT2D eigenvalue weighted by molar-refractivity contribution is -0.142. The molecule has 1 aromatic rings. The third-order valence-electron chi connectivity index (χ3n) is 5.98. The van der Waals surface area contributed by atoms with Gasteiger partial charge in [0.25, 0.3) is 5.91 Å². The molecule has 3 aliphatic heterocycles. The van der Waals surface area contributed by atoms with E-state index < -0.39 is 0 Å². The van der Waals surface area contributed by atoms with Crippen molar-refractivity contribution in [1.82, 2.24) is 15.1 Å². The minimum absolute atomic E-state index is 0. The summed E-state index contributed by atoms with van der Waals surface area (Å²) in [5, 5.41) is 3.43. The van der Waals surface area contributed by atoms with Crippen LogP contribution in [0.25, 0.3) is 0 Å². The van der Waals surface area contributed by atoms with Crippen LogP contribution in [-0.2, 0) is 9.53 Å². The number of nitrogens with zero attached hydrogens (tertiary/aromatic N) is 3. The first kappa shape index (κ1) is 23.1. The molecule has 4 rings (SSSR count). The maximum absolute atomic E-state index is 12.6. The second kappa shape index (κ2) is 11.2. The van der Waals surface area contributed by atoms with Crippen molar-refractivity contribution in [3.05, 3.63) is 29.8 Å². The number of fused-ring (bicyclic) bond motifs is 1. The standard InChI is InChI=1S/C22H32N4O3.HI/c1-2-23-22(24-16-17-9-15-29-19-7-4-3-6-18(17)19)26-12-10-25(11-13-26)21(27)20-8-5-14-28-20;/h3-4,6-7,17,20H,2,5,8-16H2,1H3,(H,23,24);1H. The summed E-state index contributed by atoms with van der Waals surface area (Å²) >= 11 is 0. The number of amides is 1. The smallest absolute Gasteiger partial charge is 0.251 e. The van der Waals surface area contributed by atoms with Crippen molar-refractivity contribution in [3.63, 3.8) is 0 Å². The van der Waals surface area contributed by atoms with E-state index in [1.165, 1.54) is 5.56 Å². The number of benzene rings is 1. The van der Waals surface area contributed by atoms with E-state index in [1.807, 2.05) is 17.0 Å². The predicted octanol–water partition coefficient (Wildman–Crippen LogP) is 2.46. The quantitative estimate of drug-likeness (QED) is 0.370. The molecule has 2 fully saturated rings. The van der Waals surface area contributed by atoms with Crippen LogP contribution in [0.3, 0.4) is 0 Å². The molecule has 7 nitrogen and oxygen atoms in total. The second-order valence-corrected chi connectivity index (χ2v) is 7.88. The van der Waals surface area contributed by atoms with Crippen LogP contribution >= 0.6 is 24.0 Å². The number of ether oxygens (including phenoxy) is 2. The van der Waals surface area contributed by atoms with Crippen molar-refractivity contribution < 1.29 is 14.3 Å². The van der Waals surface area contributed by atoms with Gasteiger partial charge in [-0.3, -0.25) is 9.79 Å². The zero-order chi connectivity index (χ0) is 20.1. The molecule has 2 atom stereocenters. The van der Waals surface area contributed by atoms with E-state index in [1.54, 1.807) is 0 Å². The van der Waals surface area contributed by atoms with Crippen molar-refractivity contribution >= 4 is 35.8 Å². The molecule has 30 heavy (non-hydrogen) atoms. The van der Waals surface area contributed by atoms with Gasteiger partial charge in [-0.15, -0.1) is 24.0 Å². The van der Waals surface area contributed by atoms with Crippen molar-refractivity contribution in [1.29, 1.82) is 0 Å². The Hall–Kier alpha value is -1.55. The highest BCUT2D eigenvalue weighted by molar-refractivity contribution is 14.0. The molecule has 2 saturated heterocycles. The maximum Gasteiger partial charge on any atom is 0.251 e. The van der Waals surface area contributed by atoms with Crippen LogP contribution in [0.1, 0.15) is 37.7 Å². The zero-order valence-corrected chi connectivity index (χ0v) is 20.0. The summed E-state index contributed by atoms with van der Waals surface area (Å²) in [6, 6.07) is 8.28. The number of hydrogen-bond donors (Lipinski definition) is 1. The van der Waals surface area contributed by atoms with Crippen LogP contribution in [0.2, 0.25) is 0 Å². The van der Waals surface area contributed by atoms with Gasteiger partial charge in [0.15, 0.2) is 5.96 Å². The van der Waals surface area contributed by atoms with Gasteiger partial charge >= 0.3 is 0 Å². The van der Waals surface area contributed by atoms with Crippen LogP contribution < -0.4 is 10.1 Å². The lowest BCUT2D eigenvalue weighted by Gasteiger charge is -2.37. The van der Waals surface area contributed by atoms with Gasteiger partial charge < -0.3 is 24.6 Å². The molecule has 1 aromatic carbocycles. The zero-order valence-electron chi connectivity index (χ0n) is 17.7. The molecule has 2 unspecified atom stereocenters. The minimum Gasteiger partial charge on any atom is -0.493 e. The third-order valence-corrected chi connectivity index (χ3v) is 5.98. The van der Waals surface area contributed by atoms with Crippen molar-refractivity contribution in [2.45, 2.75) is 38.2 Å². The largest absolute Gasteiger partial charge is 0.493 e. The summed E-state index contributed by atoms with van der Waals surface area (Å²) in [7, 11) is 0. The number of hydrogen-bond acceptors (Lipinski definition) is 4. The maximum atomic E-state index is 12.6. The monoisotopic (exact) mass is 528 g/mol. The van der Waals surface area contributed by atoms with Crippen molar-refractivity contribution in [3.8, 4) is 5.75 Å². The van der Waals surface area contributed by atoms with E-state index >= 15 is 0 Å². The highest BCUT2D eigenvalue weighted by atomic mass is 127. The highest BCUT2D eigenvalue weighted by Gasteiger charge is 2.31. The number of aliphatic imine (C=N–C) groups is 1. The summed E-state index contributed by atoms with van der Waals surface area (Å²) in [4.78, 5) is 21.8. The Morgan fingerprint density at radius 2 is 1.90 bits per heavy atom. The van der Waals surface area contributed by atoms with Crippen LogP contribution in [0.4, 0.5) is 0 Å². The molecule has 0 aliphatic carbocycles. The van der Waals surface area contributed by atoms with E-state index in [9.17, 15) is 4.79 Å². The number of halogens is 1. The van der Waals surface area contributed by atoms with Gasteiger partial charge in [-0.2, -0.15) is 0 Å². The topological polar surface area (TPSA) is 66.4 Å². The van der Waals surface area contributed by atoms with Gasteiger partial charge in [-0.05, 0) is 37.8 Å². The average Bonchev–Trinajstić information content (AvgIpc) is 3.31. The number of rotatable bonds is 4. The summed E-state index contributed by atoms with van der Waals surface area (Å²) in [6.07, 6.45) is 2.61. The Kier molecular flexibility index (Phi) is 8.61. The van der Waals surface area contributed by atoms with Crippen LogP contribution in [0.15, 0.2) is 29.3 Å². The Morgan fingerprint density at radius 3 is 2.63 bits per heavy atom. The van der Waals surface area contributed by atoms with E-state index in [-0.39, 0.29) is 36.0 Å². The number of nitrogens with one attached hydrogen (secondary N) is 1. The number of carbonyl (C=O) groups excluding carboxylic acids is 1. The Labute approximate surface area is 196 Å². The van der Waals surface area contributed by atoms with Gasteiger partial charge in [0.05, 0.1) is 6.61 Å². The normalized spacial score (nSPS) is 24.0. The molecule has 0 saturated carbocycles. The molecule has 3 heterocycles. The van der Waals surface area contributed by atoms with E-state index in [0.29, 0.717) is 12.5 Å². The molecule has 3 aliphatic rings. The highest BCUT2D eigenvalue weighted by Crippen LogP contribution is 2.33. The van der Waals surface area contributed by atoms with Gasteiger partial charge in [-0.1, -0.05) is 18.2 Å². The van der Waals surface area contributed by atoms with E-state index in [4.69, 9.17) is 14.5 Å². The lowest BCUT2D eigenvalue weighted by Crippen LogP contribution is -2.55. The van der Waals surface area contributed by atoms with Gasteiger partial charge in [-0.25, -0.2) is 0 Å². The average molecular weight is 528 g/mol. The summed E-state index contributed by atoms with van der Waals surface area (Å²) in [5.74, 6) is 2.48. The summed E-state index contributed by atoms with van der Waals surface area (Å²) in [6.45, 7) is 8.18. The molecule has 1 amide bonds. The Bertz CT molecular complexity index is 731. The first-order valence-electron chi connectivity index (χ1n) is 10.9. The Balaban J connectivity index is 0.00000256. The number of guanidine groups is 1. The van der Waals surface area contributed by atoms with E-state index in [0.717, 1.165) is 76.8 Å². The second-order valence-electron chi connectivity index (χ2n) is 7.88. The minimum atomic E-state index is -0.225. The van der Waals surface area contributed by atoms with Crippen molar-refractivity contribution in [2.24, 2.45) is 4.99 Å². The molecule has 166 valence electrons. The predicted molar refractivity (Wildman–Crippen MR) is 128 cm³/mol. The van der Waals surface area contributed by atoms with E-state index in [2.05, 4.69) is 29.3 Å². The molecule has 0 bridgehead atoms.